The van der Waals surface area contributed by atoms with E-state index in [1.54, 1.807) is 24.5 Å². The predicted molar refractivity (Wildman–Crippen MR) is 171 cm³/mol. The molecule has 43 heavy (non-hydrogen) atoms. The van der Waals surface area contributed by atoms with Crippen LogP contribution in [0.25, 0.3) is 10.7 Å². The van der Waals surface area contributed by atoms with Gasteiger partial charge in [-0.3, -0.25) is 9.36 Å². The van der Waals surface area contributed by atoms with Crippen molar-refractivity contribution in [2.24, 2.45) is 5.92 Å². The van der Waals surface area contributed by atoms with Crippen LogP contribution in [0.15, 0.2) is 61.1 Å². The molecule has 0 bridgehead atoms. The van der Waals surface area contributed by atoms with E-state index < -0.39 is 6.04 Å². The van der Waals surface area contributed by atoms with Gasteiger partial charge in [0.15, 0.2) is 5.69 Å². The molecule has 1 aliphatic rings. The van der Waals surface area contributed by atoms with Gasteiger partial charge < -0.3 is 16.0 Å². The third-order valence-electron chi connectivity index (χ3n) is 7.58. The number of benzene rings is 2. The van der Waals surface area contributed by atoms with Gasteiger partial charge in [-0.15, -0.1) is 0 Å². The summed E-state index contributed by atoms with van der Waals surface area (Å²) in [5.41, 5.74) is 3.16. The van der Waals surface area contributed by atoms with Gasteiger partial charge in [0, 0.05) is 35.4 Å². The summed E-state index contributed by atoms with van der Waals surface area (Å²) in [5.74, 6) is 1.85. The molecular formula is C32H34Cl2N8O. The normalized spacial score (nSPS) is 14.1. The molecule has 1 aliphatic carbocycles. The van der Waals surface area contributed by atoms with E-state index in [0.717, 1.165) is 29.7 Å². The van der Waals surface area contributed by atoms with Crippen molar-refractivity contribution in [3.63, 3.8) is 0 Å². The van der Waals surface area contributed by atoms with Gasteiger partial charge in [-0.2, -0.15) is 9.97 Å². The van der Waals surface area contributed by atoms with Crippen LogP contribution >= 0.6 is 23.2 Å². The average molecular weight is 618 g/mol. The zero-order chi connectivity index (χ0) is 30.2. The van der Waals surface area contributed by atoms with Crippen molar-refractivity contribution in [3.05, 3.63) is 99.3 Å². The number of aromatic nitrogens is 4. The first kappa shape index (κ1) is 30.3. The number of carbonyl (C=O) groups excluding carboxylic acids is 1. The molecule has 11 heteroatoms. The fourth-order valence-electron chi connectivity index (χ4n) is 5.32. The number of amides is 1. The van der Waals surface area contributed by atoms with Crippen molar-refractivity contribution in [3.8, 4) is 5.82 Å². The number of imidazole rings is 1. The monoisotopic (exact) mass is 616 g/mol. The van der Waals surface area contributed by atoms with Gasteiger partial charge >= 0.3 is 0 Å². The SMILES string of the molecule is [C-]#[N+]c1cccc(CNc2nc(N[C@H](CC3CCCCC3)C(=O)NCc3ccc(Cl)cc3Cl)cc(-n3cnc(C)c3)n2)c1. The standard InChI is InChI=1S/C32H34Cl2N8O/c1-21-19-42(20-38-21)30-16-29(40-32(41-30)37-17-23-9-6-10-26(13-23)35-2)39-28(14-22-7-4-3-5-8-22)31(43)36-18-24-11-12-25(33)15-27(24)34/h6,9-13,15-16,19-20,22,28H,3-5,7-8,14,17-18H2,1H3,(H,36,43)(H2,37,39,40,41)/t28-/m1/s1. The number of nitrogens with zero attached hydrogens (tertiary/aromatic N) is 5. The second kappa shape index (κ2) is 14.4. The molecular weight excluding hydrogens is 583 g/mol. The summed E-state index contributed by atoms with van der Waals surface area (Å²) >= 11 is 12.4. The first-order valence-corrected chi connectivity index (χ1v) is 15.2. The second-order valence-electron chi connectivity index (χ2n) is 10.9. The Morgan fingerprint density at radius 1 is 1.09 bits per heavy atom. The molecule has 1 atom stereocenters. The number of anilines is 2. The van der Waals surface area contributed by atoms with E-state index in [1.807, 2.05) is 48.0 Å². The minimum atomic E-state index is -0.510. The average Bonchev–Trinajstić information content (AvgIpc) is 3.46. The second-order valence-corrected chi connectivity index (χ2v) is 11.7. The van der Waals surface area contributed by atoms with Gasteiger partial charge in [-0.05, 0) is 42.5 Å². The topological polar surface area (TPSA) is 101 Å². The quantitative estimate of drug-likeness (QED) is 0.151. The maximum atomic E-state index is 13.6. The minimum absolute atomic E-state index is 0.124. The molecule has 3 N–H and O–H groups in total. The third-order valence-corrected chi connectivity index (χ3v) is 8.17. The molecule has 5 rings (SSSR count). The van der Waals surface area contributed by atoms with Gasteiger partial charge in [0.05, 0.1) is 12.3 Å². The number of hydrogen-bond acceptors (Lipinski definition) is 6. The molecule has 4 aromatic rings. The molecule has 0 saturated heterocycles. The highest BCUT2D eigenvalue weighted by Gasteiger charge is 2.25. The van der Waals surface area contributed by atoms with Crippen LogP contribution in [-0.2, 0) is 17.9 Å². The molecule has 1 amide bonds. The van der Waals surface area contributed by atoms with Crippen LogP contribution in [0.1, 0.15) is 55.3 Å². The Morgan fingerprint density at radius 2 is 1.93 bits per heavy atom. The molecule has 222 valence electrons. The van der Waals surface area contributed by atoms with E-state index in [2.05, 4.69) is 25.8 Å². The maximum absolute atomic E-state index is 13.6. The molecule has 0 spiro atoms. The van der Waals surface area contributed by atoms with Gasteiger partial charge in [0.1, 0.15) is 24.0 Å². The predicted octanol–water partition coefficient (Wildman–Crippen LogP) is 7.51. The number of rotatable bonds is 11. The molecule has 2 heterocycles. The van der Waals surface area contributed by atoms with Crippen molar-refractivity contribution in [2.45, 2.75) is 64.6 Å². The summed E-state index contributed by atoms with van der Waals surface area (Å²) in [7, 11) is 0. The molecule has 0 aliphatic heterocycles. The highest BCUT2D eigenvalue weighted by molar-refractivity contribution is 6.35. The van der Waals surface area contributed by atoms with Gasteiger partial charge in [-0.1, -0.05) is 85.6 Å². The Hall–Kier alpha value is -4.13. The zero-order valence-corrected chi connectivity index (χ0v) is 25.5. The fraction of sp³-hybridized carbons (Fsp3) is 0.344. The Balaban J connectivity index is 1.39. The first-order chi connectivity index (χ1) is 20.9. The number of hydrogen-bond donors (Lipinski definition) is 3. The van der Waals surface area contributed by atoms with Crippen LogP contribution in [0.2, 0.25) is 10.0 Å². The van der Waals surface area contributed by atoms with E-state index in [4.69, 9.17) is 39.7 Å². The number of aryl methyl sites for hydroxylation is 1. The Bertz CT molecular complexity index is 1610. The summed E-state index contributed by atoms with van der Waals surface area (Å²) in [6.07, 6.45) is 10.1. The van der Waals surface area contributed by atoms with Crippen molar-refractivity contribution in [1.82, 2.24) is 24.8 Å². The summed E-state index contributed by atoms with van der Waals surface area (Å²) in [5, 5.41) is 10.8. The molecule has 9 nitrogen and oxygen atoms in total. The van der Waals surface area contributed by atoms with Crippen molar-refractivity contribution in [2.75, 3.05) is 10.6 Å². The lowest BCUT2D eigenvalue weighted by Crippen LogP contribution is -2.41. The fourth-order valence-corrected chi connectivity index (χ4v) is 5.80. The van der Waals surface area contributed by atoms with Crippen LogP contribution in [-0.4, -0.2) is 31.5 Å². The molecule has 0 unspecified atom stereocenters. The minimum Gasteiger partial charge on any atom is -0.358 e. The van der Waals surface area contributed by atoms with Crippen LogP contribution in [0, 0.1) is 19.4 Å². The molecule has 0 radical (unpaired) electrons. The summed E-state index contributed by atoms with van der Waals surface area (Å²) < 4.78 is 1.83. The maximum Gasteiger partial charge on any atom is 0.242 e. The summed E-state index contributed by atoms with van der Waals surface area (Å²) in [4.78, 5) is 31.0. The van der Waals surface area contributed by atoms with Crippen LogP contribution < -0.4 is 16.0 Å². The van der Waals surface area contributed by atoms with E-state index >= 15 is 0 Å². The molecule has 2 aromatic heterocycles. The van der Waals surface area contributed by atoms with Crippen LogP contribution in [0.3, 0.4) is 0 Å². The van der Waals surface area contributed by atoms with E-state index in [1.165, 1.54) is 19.3 Å². The van der Waals surface area contributed by atoms with Gasteiger partial charge in [0.25, 0.3) is 0 Å². The van der Waals surface area contributed by atoms with Crippen molar-refractivity contribution < 1.29 is 4.79 Å². The van der Waals surface area contributed by atoms with Crippen LogP contribution in [0.5, 0.6) is 0 Å². The highest BCUT2D eigenvalue weighted by atomic mass is 35.5. The lowest BCUT2D eigenvalue weighted by Gasteiger charge is -2.27. The molecule has 2 aromatic carbocycles. The first-order valence-electron chi connectivity index (χ1n) is 14.4. The lowest BCUT2D eigenvalue weighted by atomic mass is 9.84. The van der Waals surface area contributed by atoms with Gasteiger partial charge in [0.2, 0.25) is 11.9 Å². The zero-order valence-electron chi connectivity index (χ0n) is 24.0. The van der Waals surface area contributed by atoms with E-state index in [-0.39, 0.29) is 12.5 Å². The smallest absolute Gasteiger partial charge is 0.242 e. The number of halogens is 2. The number of carbonyl (C=O) groups is 1. The molecule has 1 saturated carbocycles. The third kappa shape index (κ3) is 8.46. The Labute approximate surface area is 261 Å². The largest absolute Gasteiger partial charge is 0.358 e. The van der Waals surface area contributed by atoms with Gasteiger partial charge in [-0.25, -0.2) is 9.83 Å². The van der Waals surface area contributed by atoms with Crippen molar-refractivity contribution >= 4 is 46.6 Å². The summed E-state index contributed by atoms with van der Waals surface area (Å²) in [6.45, 7) is 9.94. The van der Waals surface area contributed by atoms with Crippen LogP contribution in [0.4, 0.5) is 17.5 Å². The van der Waals surface area contributed by atoms with E-state index in [9.17, 15) is 4.79 Å². The van der Waals surface area contributed by atoms with E-state index in [0.29, 0.717) is 52.2 Å². The Kier molecular flexibility index (Phi) is 10.1. The highest BCUT2D eigenvalue weighted by Crippen LogP contribution is 2.29. The van der Waals surface area contributed by atoms with Crippen molar-refractivity contribution in [1.29, 1.82) is 0 Å². The summed E-state index contributed by atoms with van der Waals surface area (Å²) in [6, 6.07) is 14.0. The lowest BCUT2D eigenvalue weighted by molar-refractivity contribution is -0.122. The number of nitrogens with one attached hydrogen (secondary N) is 3. The Morgan fingerprint density at radius 3 is 2.67 bits per heavy atom. The molecule has 1 fully saturated rings.